The van der Waals surface area contributed by atoms with Gasteiger partial charge in [0.25, 0.3) is 5.91 Å². The van der Waals surface area contributed by atoms with Gasteiger partial charge >= 0.3 is 12.1 Å². The number of hydrogen-bond acceptors (Lipinski definition) is 6. The molecule has 1 saturated carbocycles. The standard InChI is InChI=1S/C27H31F3N4O5/c1-2-39-22(35)15-38-14-21-13-32(23(36)20-10-31-34(12-20)11-19-6-4-3-5-7-19)16-25(21)17-33(18-25)24(37)26(8-9-26)27(28,29)30/h3-7,10,12,21H,2,8-9,11,13-18H2,1H3. The molecule has 0 N–H and O–H groups in total. The molecular formula is C27H31F3N4O5. The van der Waals surface area contributed by atoms with Gasteiger partial charge in [-0.1, -0.05) is 30.3 Å². The number of alkyl halides is 3. The Morgan fingerprint density at radius 1 is 1.08 bits per heavy atom. The van der Waals surface area contributed by atoms with E-state index >= 15 is 0 Å². The highest BCUT2D eigenvalue weighted by molar-refractivity contribution is 5.94. The smallest absolute Gasteiger partial charge is 0.403 e. The first kappa shape index (κ1) is 27.2. The zero-order valence-electron chi connectivity index (χ0n) is 21.7. The van der Waals surface area contributed by atoms with Gasteiger partial charge in [-0.3, -0.25) is 14.3 Å². The highest BCUT2D eigenvalue weighted by Gasteiger charge is 2.71. The summed E-state index contributed by atoms with van der Waals surface area (Å²) in [6, 6.07) is 9.68. The van der Waals surface area contributed by atoms with E-state index in [0.717, 1.165) is 5.56 Å². The fourth-order valence-electron chi connectivity index (χ4n) is 5.68. The fraction of sp³-hybridized carbons (Fsp3) is 0.556. The molecule has 1 unspecified atom stereocenters. The van der Waals surface area contributed by atoms with Crippen LogP contribution in [0.4, 0.5) is 13.2 Å². The zero-order chi connectivity index (χ0) is 27.8. The zero-order valence-corrected chi connectivity index (χ0v) is 21.7. The van der Waals surface area contributed by atoms with E-state index in [2.05, 4.69) is 5.10 Å². The minimum atomic E-state index is -4.58. The van der Waals surface area contributed by atoms with Crippen molar-refractivity contribution in [3.05, 3.63) is 53.9 Å². The highest BCUT2D eigenvalue weighted by atomic mass is 19.4. The van der Waals surface area contributed by atoms with E-state index in [1.165, 1.54) is 11.1 Å². The first-order valence-electron chi connectivity index (χ1n) is 13.0. The van der Waals surface area contributed by atoms with E-state index in [9.17, 15) is 27.6 Å². The third-order valence-corrected chi connectivity index (χ3v) is 8.01. The Kier molecular flexibility index (Phi) is 7.17. The number of amides is 2. The van der Waals surface area contributed by atoms with Crippen molar-refractivity contribution in [2.75, 3.05) is 46.0 Å². The first-order chi connectivity index (χ1) is 18.6. The van der Waals surface area contributed by atoms with Crippen molar-refractivity contribution in [2.24, 2.45) is 16.7 Å². The number of carbonyl (C=O) groups is 3. The van der Waals surface area contributed by atoms with E-state index in [0.29, 0.717) is 12.1 Å². The Hall–Kier alpha value is -3.41. The topological polar surface area (TPSA) is 94.0 Å². The number of ether oxygens (including phenoxy) is 2. The molecule has 0 radical (unpaired) electrons. The number of halogens is 3. The monoisotopic (exact) mass is 548 g/mol. The number of rotatable bonds is 9. The molecule has 210 valence electrons. The maximum atomic E-state index is 13.5. The summed E-state index contributed by atoms with van der Waals surface area (Å²) in [5, 5.41) is 4.31. The molecule has 3 fully saturated rings. The van der Waals surface area contributed by atoms with Crippen LogP contribution in [-0.4, -0.2) is 89.5 Å². The van der Waals surface area contributed by atoms with Crippen LogP contribution in [0.3, 0.4) is 0 Å². The van der Waals surface area contributed by atoms with Crippen LogP contribution in [0.5, 0.6) is 0 Å². The Morgan fingerprint density at radius 3 is 2.41 bits per heavy atom. The lowest BCUT2D eigenvalue weighted by molar-refractivity contribution is -0.205. The minimum absolute atomic E-state index is 0.105. The van der Waals surface area contributed by atoms with Crippen LogP contribution in [0.2, 0.25) is 0 Å². The van der Waals surface area contributed by atoms with Gasteiger partial charge in [0.15, 0.2) is 0 Å². The summed E-state index contributed by atoms with van der Waals surface area (Å²) in [7, 11) is 0. The lowest BCUT2D eigenvalue weighted by atomic mass is 9.71. The van der Waals surface area contributed by atoms with Crippen LogP contribution < -0.4 is 0 Å². The summed E-state index contributed by atoms with van der Waals surface area (Å²) in [6.45, 7) is 3.02. The van der Waals surface area contributed by atoms with Gasteiger partial charge in [-0.05, 0) is 25.3 Å². The van der Waals surface area contributed by atoms with Crippen molar-refractivity contribution < 1.29 is 37.0 Å². The number of benzene rings is 1. The first-order valence-corrected chi connectivity index (χ1v) is 13.0. The van der Waals surface area contributed by atoms with Gasteiger partial charge in [0.1, 0.15) is 12.0 Å². The van der Waals surface area contributed by atoms with Crippen LogP contribution in [-0.2, 0) is 25.6 Å². The van der Waals surface area contributed by atoms with E-state index in [-0.39, 0.29) is 70.7 Å². The summed E-state index contributed by atoms with van der Waals surface area (Å²) in [5.41, 5.74) is -1.45. The number of aromatic nitrogens is 2. The third-order valence-electron chi connectivity index (χ3n) is 8.01. The lowest BCUT2D eigenvalue weighted by Gasteiger charge is -2.51. The number of nitrogens with zero attached hydrogens (tertiary/aromatic N) is 4. The SMILES string of the molecule is CCOC(=O)COCC1CN(C(=O)c2cnn(Cc3ccccc3)c2)CC12CN(C(=O)C1(C(F)(F)F)CC1)C2. The van der Waals surface area contributed by atoms with Crippen molar-refractivity contribution >= 4 is 17.8 Å². The second-order valence-corrected chi connectivity index (χ2v) is 10.7. The van der Waals surface area contributed by atoms with Crippen LogP contribution in [0.1, 0.15) is 35.7 Å². The molecule has 12 heteroatoms. The van der Waals surface area contributed by atoms with Crippen LogP contribution in [0, 0.1) is 16.7 Å². The number of esters is 1. The quantitative estimate of drug-likeness (QED) is 0.448. The van der Waals surface area contributed by atoms with Gasteiger partial charge < -0.3 is 19.3 Å². The minimum Gasteiger partial charge on any atom is -0.464 e. The van der Waals surface area contributed by atoms with E-state index in [1.54, 1.807) is 22.7 Å². The largest absolute Gasteiger partial charge is 0.464 e. The summed E-state index contributed by atoms with van der Waals surface area (Å²) in [6.07, 6.45) is -1.79. The predicted molar refractivity (Wildman–Crippen MR) is 131 cm³/mol. The van der Waals surface area contributed by atoms with E-state index in [1.807, 2.05) is 30.3 Å². The van der Waals surface area contributed by atoms with Crippen LogP contribution in [0.15, 0.2) is 42.7 Å². The molecule has 1 aliphatic carbocycles. The van der Waals surface area contributed by atoms with Crippen molar-refractivity contribution in [1.82, 2.24) is 19.6 Å². The molecule has 3 aliphatic rings. The van der Waals surface area contributed by atoms with Gasteiger partial charge in [0.05, 0.1) is 31.5 Å². The molecule has 39 heavy (non-hydrogen) atoms. The van der Waals surface area contributed by atoms with E-state index < -0.39 is 28.9 Å². The maximum Gasteiger partial charge on any atom is 0.403 e. The summed E-state index contributed by atoms with van der Waals surface area (Å²) >= 11 is 0. The van der Waals surface area contributed by atoms with Gasteiger partial charge in [-0.2, -0.15) is 18.3 Å². The normalized spacial score (nSPS) is 21.1. The number of carbonyl (C=O) groups excluding carboxylic acids is 3. The molecule has 9 nitrogen and oxygen atoms in total. The van der Waals surface area contributed by atoms with Gasteiger partial charge in [-0.25, -0.2) is 4.79 Å². The molecule has 2 amide bonds. The molecule has 2 aromatic rings. The van der Waals surface area contributed by atoms with Crippen LogP contribution >= 0.6 is 0 Å². The third kappa shape index (κ3) is 5.26. The average Bonchev–Trinajstić information content (AvgIpc) is 3.44. The molecule has 1 atom stereocenters. The molecule has 5 rings (SSSR count). The summed E-state index contributed by atoms with van der Waals surface area (Å²) < 4.78 is 52.8. The van der Waals surface area contributed by atoms with Gasteiger partial charge in [0, 0.05) is 43.7 Å². The molecular weight excluding hydrogens is 517 g/mol. The molecule has 3 heterocycles. The van der Waals surface area contributed by atoms with Crippen molar-refractivity contribution in [3.63, 3.8) is 0 Å². The van der Waals surface area contributed by atoms with E-state index in [4.69, 9.17) is 9.47 Å². The lowest BCUT2D eigenvalue weighted by Crippen LogP contribution is -2.65. The number of hydrogen-bond donors (Lipinski definition) is 0. The van der Waals surface area contributed by atoms with Gasteiger partial charge in [-0.15, -0.1) is 0 Å². The van der Waals surface area contributed by atoms with Crippen molar-refractivity contribution in [2.45, 2.75) is 32.5 Å². The Labute approximate surface area is 223 Å². The Morgan fingerprint density at radius 2 is 1.77 bits per heavy atom. The summed E-state index contributed by atoms with van der Waals surface area (Å²) in [5.74, 6) is -1.92. The predicted octanol–water partition coefficient (Wildman–Crippen LogP) is 2.75. The molecule has 2 saturated heterocycles. The Balaban J connectivity index is 1.27. The molecule has 2 aliphatic heterocycles. The summed E-state index contributed by atoms with van der Waals surface area (Å²) in [4.78, 5) is 40.8. The molecule has 0 bridgehead atoms. The number of likely N-dealkylation sites (tertiary alicyclic amines) is 2. The van der Waals surface area contributed by atoms with Gasteiger partial charge in [0.2, 0.25) is 5.91 Å². The molecule has 1 aromatic heterocycles. The Bertz CT molecular complexity index is 1220. The van der Waals surface area contributed by atoms with Crippen molar-refractivity contribution in [1.29, 1.82) is 0 Å². The molecule has 1 aromatic carbocycles. The van der Waals surface area contributed by atoms with Crippen LogP contribution in [0.25, 0.3) is 0 Å². The van der Waals surface area contributed by atoms with Crippen molar-refractivity contribution in [3.8, 4) is 0 Å². The second kappa shape index (κ2) is 10.3. The second-order valence-electron chi connectivity index (χ2n) is 10.7. The fourth-order valence-corrected chi connectivity index (χ4v) is 5.68. The maximum absolute atomic E-state index is 13.5. The average molecular weight is 549 g/mol. The molecule has 1 spiro atoms. The highest BCUT2D eigenvalue weighted by Crippen LogP contribution is 2.60.